The summed E-state index contributed by atoms with van der Waals surface area (Å²) in [7, 11) is 0. The first kappa shape index (κ1) is 21.5. The van der Waals surface area contributed by atoms with Crippen molar-refractivity contribution in [2.45, 2.75) is 26.9 Å². The molecule has 0 bridgehead atoms. The minimum Gasteiger partial charge on any atom is -0.445 e. The number of hydrogen-bond acceptors (Lipinski definition) is 2. The molecule has 2 heterocycles. The zero-order valence-electron chi connectivity index (χ0n) is 13.2. The average molecular weight is 439 g/mol. The summed E-state index contributed by atoms with van der Waals surface area (Å²) in [5, 5.41) is 8.28. The molecular weight excluding hydrogens is 419 g/mol. The van der Waals surface area contributed by atoms with Crippen LogP contribution in [0.3, 0.4) is 0 Å². The third-order valence-corrected chi connectivity index (χ3v) is 2.97. The molecule has 2 aromatic heterocycles. The van der Waals surface area contributed by atoms with Gasteiger partial charge in [-0.25, -0.2) is 0 Å². The van der Waals surface area contributed by atoms with Crippen molar-refractivity contribution in [2.24, 2.45) is 0 Å². The monoisotopic (exact) mass is 439 g/mol. The summed E-state index contributed by atoms with van der Waals surface area (Å²) < 4.78 is 37.0. The molecule has 0 saturated heterocycles. The maximum absolute atomic E-state index is 10.7. The molecule has 128 valence electrons. The van der Waals surface area contributed by atoms with Crippen LogP contribution in [0.5, 0.6) is 0 Å². The van der Waals surface area contributed by atoms with E-state index in [0.717, 1.165) is 22.5 Å². The van der Waals surface area contributed by atoms with Gasteiger partial charge in [-0.05, 0) is 54.6 Å². The normalized spacial score (nSPS) is 10.0. The van der Waals surface area contributed by atoms with Crippen molar-refractivity contribution in [2.75, 3.05) is 0 Å². The molecule has 23 heavy (non-hydrogen) atoms. The molecule has 0 aromatic carbocycles. The number of aromatic nitrogens is 4. The summed E-state index contributed by atoms with van der Waals surface area (Å²) in [4.78, 5) is 0. The van der Waals surface area contributed by atoms with E-state index in [0.29, 0.717) is 0 Å². The third kappa shape index (κ3) is 10.8. The van der Waals surface area contributed by atoms with Gasteiger partial charge in [-0.15, -0.1) is 6.58 Å². The van der Waals surface area contributed by atoms with Gasteiger partial charge in [0.05, 0.1) is 5.69 Å². The van der Waals surface area contributed by atoms with Crippen molar-refractivity contribution in [1.29, 1.82) is 0 Å². The molecule has 0 aliphatic carbocycles. The first-order valence-corrected chi connectivity index (χ1v) is 8.02. The molecule has 0 saturated carbocycles. The van der Waals surface area contributed by atoms with E-state index in [1.807, 2.05) is 33.9 Å². The summed E-state index contributed by atoms with van der Waals surface area (Å²) >= 11 is 2.19. The second-order valence-electron chi connectivity index (χ2n) is 4.16. The molecule has 0 aliphatic heterocycles. The van der Waals surface area contributed by atoms with E-state index >= 15 is 0 Å². The molecule has 2 aromatic rings. The molecular formula is C14H20BF3IN4-. The highest BCUT2D eigenvalue weighted by molar-refractivity contribution is 14.1. The van der Waals surface area contributed by atoms with Crippen LogP contribution in [0.15, 0.2) is 43.7 Å². The Morgan fingerprint density at radius 1 is 1.09 bits per heavy atom. The lowest BCUT2D eigenvalue weighted by Crippen LogP contribution is -2.08. The van der Waals surface area contributed by atoms with Gasteiger partial charge in [-0.3, -0.25) is 9.36 Å². The largest absolute Gasteiger partial charge is 0.501 e. The Morgan fingerprint density at radius 2 is 1.57 bits per heavy atom. The summed E-state index contributed by atoms with van der Waals surface area (Å²) in [6.07, 6.45) is 5.66. The molecule has 0 spiro atoms. The van der Waals surface area contributed by atoms with Crippen LogP contribution in [0.4, 0.5) is 12.9 Å². The maximum atomic E-state index is 10.7. The molecule has 4 nitrogen and oxygen atoms in total. The molecule has 0 N–H and O–H groups in total. The van der Waals surface area contributed by atoms with Gasteiger partial charge >= 0.3 is 6.98 Å². The van der Waals surface area contributed by atoms with E-state index in [9.17, 15) is 12.9 Å². The molecule has 9 heteroatoms. The third-order valence-electron chi connectivity index (χ3n) is 2.39. The Bertz CT molecular complexity index is 593. The molecule has 0 radical (unpaired) electrons. The Balaban J connectivity index is 0.000000323. The number of halogens is 4. The molecule has 0 amide bonds. The molecule has 0 atom stereocenters. The fraction of sp³-hybridized carbons (Fsp3) is 0.286. The van der Waals surface area contributed by atoms with Crippen molar-refractivity contribution in [3.8, 4) is 0 Å². The minimum absolute atomic E-state index is 0. The van der Waals surface area contributed by atoms with Gasteiger partial charge in [0.15, 0.2) is 0 Å². The van der Waals surface area contributed by atoms with E-state index in [2.05, 4.69) is 59.8 Å². The van der Waals surface area contributed by atoms with Crippen molar-refractivity contribution in [3.05, 3.63) is 53.1 Å². The second-order valence-corrected chi connectivity index (χ2v) is 5.26. The van der Waals surface area contributed by atoms with Gasteiger partial charge in [-0.1, -0.05) is 6.58 Å². The van der Waals surface area contributed by atoms with Crippen LogP contribution in [0.25, 0.3) is 6.08 Å². The Morgan fingerprint density at radius 3 is 1.78 bits per heavy atom. The van der Waals surface area contributed by atoms with Crippen LogP contribution in [0.2, 0.25) is 0 Å². The molecule has 0 fully saturated rings. The van der Waals surface area contributed by atoms with E-state index in [-0.39, 0.29) is 5.98 Å². The van der Waals surface area contributed by atoms with E-state index in [4.69, 9.17) is 0 Å². The smallest absolute Gasteiger partial charge is 0.445 e. The Labute approximate surface area is 148 Å². The molecule has 0 aliphatic rings. The van der Waals surface area contributed by atoms with E-state index < -0.39 is 6.98 Å². The predicted molar refractivity (Wildman–Crippen MR) is 97.9 cm³/mol. The number of hydrogen-bond donors (Lipinski definition) is 0. The van der Waals surface area contributed by atoms with Crippen LogP contribution in [-0.4, -0.2) is 26.5 Å². The number of rotatable bonds is 4. The molecule has 2 rings (SSSR count). The first-order chi connectivity index (χ1) is 10.8. The van der Waals surface area contributed by atoms with Crippen molar-refractivity contribution < 1.29 is 12.9 Å². The SMILES string of the molecule is C=C[B-](F)(F)F.C=Cc1ccn(CC)n1.CCn1ccc(I)n1. The van der Waals surface area contributed by atoms with Gasteiger partial charge in [0.1, 0.15) is 3.70 Å². The van der Waals surface area contributed by atoms with Gasteiger partial charge in [0.2, 0.25) is 0 Å². The Kier molecular flexibility index (Phi) is 10.4. The lowest BCUT2D eigenvalue weighted by atomic mass is 9.94. The van der Waals surface area contributed by atoms with Crippen LogP contribution in [0.1, 0.15) is 19.5 Å². The standard InChI is InChI=1S/C7H10N2.C5H7IN2.C2H3BF3/c1-3-7-5-6-9(4-2)8-7;1-2-8-4-3-5(6)7-8;1-2-3(4,5)6/h3,5-6H,1,4H2,2H3;3-4H,2H2,1H3;2H,1H2/q;;-1. The van der Waals surface area contributed by atoms with Gasteiger partial charge in [0, 0.05) is 25.5 Å². The number of nitrogens with zero attached hydrogens (tertiary/aromatic N) is 4. The summed E-state index contributed by atoms with van der Waals surface area (Å²) in [5.41, 5.74) is 0.942. The lowest BCUT2D eigenvalue weighted by Gasteiger charge is -2.02. The topological polar surface area (TPSA) is 35.6 Å². The summed E-state index contributed by atoms with van der Waals surface area (Å²) in [6, 6.07) is 3.93. The zero-order valence-corrected chi connectivity index (χ0v) is 15.3. The maximum Gasteiger partial charge on any atom is 0.501 e. The second kappa shape index (κ2) is 11.1. The van der Waals surface area contributed by atoms with Crippen LogP contribution >= 0.6 is 22.6 Å². The lowest BCUT2D eigenvalue weighted by molar-refractivity contribution is 0.499. The van der Waals surface area contributed by atoms with Crippen molar-refractivity contribution in [1.82, 2.24) is 19.6 Å². The minimum atomic E-state index is -4.72. The highest BCUT2D eigenvalue weighted by Crippen LogP contribution is 2.06. The van der Waals surface area contributed by atoms with Gasteiger partial charge < -0.3 is 12.9 Å². The van der Waals surface area contributed by atoms with Gasteiger partial charge in [0.25, 0.3) is 0 Å². The van der Waals surface area contributed by atoms with Gasteiger partial charge in [-0.2, -0.15) is 16.2 Å². The van der Waals surface area contributed by atoms with Crippen molar-refractivity contribution >= 4 is 35.6 Å². The quantitative estimate of drug-likeness (QED) is 0.516. The predicted octanol–water partition coefficient (Wildman–Crippen LogP) is 4.61. The highest BCUT2D eigenvalue weighted by atomic mass is 127. The van der Waals surface area contributed by atoms with Crippen LogP contribution < -0.4 is 0 Å². The fourth-order valence-electron chi connectivity index (χ4n) is 1.18. The van der Waals surface area contributed by atoms with Crippen molar-refractivity contribution in [3.63, 3.8) is 0 Å². The summed E-state index contributed by atoms with van der Waals surface area (Å²) in [6.45, 7) is 7.43. The zero-order chi connectivity index (χ0) is 17.9. The van der Waals surface area contributed by atoms with Crippen LogP contribution in [-0.2, 0) is 13.1 Å². The van der Waals surface area contributed by atoms with Crippen LogP contribution in [0, 0.1) is 3.70 Å². The number of aryl methyl sites for hydroxylation is 2. The average Bonchev–Trinajstić information content (AvgIpc) is 3.16. The fourth-order valence-corrected chi connectivity index (χ4v) is 1.61. The Hall–Kier alpha value is -1.52. The molecule has 0 unspecified atom stereocenters. The first-order valence-electron chi connectivity index (χ1n) is 6.94. The van der Waals surface area contributed by atoms with E-state index in [1.54, 1.807) is 6.08 Å². The van der Waals surface area contributed by atoms with E-state index in [1.165, 1.54) is 0 Å². The summed E-state index contributed by atoms with van der Waals surface area (Å²) in [5.74, 6) is 0. The highest BCUT2D eigenvalue weighted by Gasteiger charge is 2.14.